The van der Waals surface area contributed by atoms with Crippen molar-refractivity contribution in [1.82, 2.24) is 4.98 Å². The van der Waals surface area contributed by atoms with E-state index in [0.29, 0.717) is 17.1 Å². The van der Waals surface area contributed by atoms with Crippen molar-refractivity contribution in [2.75, 3.05) is 14.2 Å². The average Bonchev–Trinajstić information content (AvgIpc) is 2.61. The second kappa shape index (κ2) is 6.24. The summed E-state index contributed by atoms with van der Waals surface area (Å²) in [6.07, 6.45) is 0. The molecule has 2 aromatic carbocycles. The van der Waals surface area contributed by atoms with Gasteiger partial charge in [-0.15, -0.1) is 0 Å². The Morgan fingerprint density at radius 3 is 2.17 bits per heavy atom. The zero-order valence-electron chi connectivity index (χ0n) is 12.7. The maximum absolute atomic E-state index is 9.34. The van der Waals surface area contributed by atoms with Crippen LogP contribution in [-0.2, 0) is 0 Å². The van der Waals surface area contributed by atoms with Crippen molar-refractivity contribution in [2.45, 2.75) is 0 Å². The molecule has 0 saturated heterocycles. The molecule has 3 rings (SSSR count). The van der Waals surface area contributed by atoms with Crippen molar-refractivity contribution < 1.29 is 14.2 Å². The minimum Gasteiger partial charge on any atom is -0.497 e. The quantitative estimate of drug-likeness (QED) is 0.731. The van der Waals surface area contributed by atoms with Gasteiger partial charge in [0.15, 0.2) is 0 Å². The van der Waals surface area contributed by atoms with E-state index in [2.05, 4.69) is 11.1 Å². The van der Waals surface area contributed by atoms with Crippen molar-refractivity contribution in [3.8, 4) is 29.2 Å². The smallest absolute Gasteiger partial charge is 0.237 e. The van der Waals surface area contributed by atoms with Gasteiger partial charge in [0.1, 0.15) is 28.9 Å². The van der Waals surface area contributed by atoms with Gasteiger partial charge in [0.2, 0.25) is 5.88 Å². The Kier molecular flexibility index (Phi) is 3.98. The van der Waals surface area contributed by atoms with E-state index in [1.165, 1.54) is 0 Å². The molecule has 23 heavy (non-hydrogen) atoms. The number of nitrogens with zero attached hydrogens (tertiary/aromatic N) is 2. The molecular formula is C18H14N2O3. The number of pyridine rings is 1. The number of benzene rings is 2. The Morgan fingerprint density at radius 2 is 1.52 bits per heavy atom. The predicted molar refractivity (Wildman–Crippen MR) is 86.1 cm³/mol. The van der Waals surface area contributed by atoms with Crippen LogP contribution in [0.4, 0.5) is 0 Å². The molecule has 0 atom stereocenters. The molecule has 0 unspecified atom stereocenters. The van der Waals surface area contributed by atoms with Gasteiger partial charge in [0, 0.05) is 5.39 Å². The highest BCUT2D eigenvalue weighted by Gasteiger charge is 2.10. The lowest BCUT2D eigenvalue weighted by atomic mass is 10.1. The monoisotopic (exact) mass is 306 g/mol. The summed E-state index contributed by atoms with van der Waals surface area (Å²) in [4.78, 5) is 4.43. The molecule has 0 saturated carbocycles. The van der Waals surface area contributed by atoms with Gasteiger partial charge in [-0.25, -0.2) is 4.98 Å². The highest BCUT2D eigenvalue weighted by atomic mass is 16.5. The van der Waals surface area contributed by atoms with Crippen molar-refractivity contribution in [3.63, 3.8) is 0 Å². The predicted octanol–water partition coefficient (Wildman–Crippen LogP) is 3.92. The molecule has 1 aromatic heterocycles. The summed E-state index contributed by atoms with van der Waals surface area (Å²) in [5.74, 6) is 2.31. The SMILES string of the molecule is COc1ccc(Oc2nc3ccc(OC)cc3cc2C#N)cc1. The molecule has 0 spiro atoms. The molecule has 0 bridgehead atoms. The van der Waals surface area contributed by atoms with Gasteiger partial charge in [-0.3, -0.25) is 0 Å². The maximum Gasteiger partial charge on any atom is 0.237 e. The van der Waals surface area contributed by atoms with Crippen molar-refractivity contribution >= 4 is 10.9 Å². The highest BCUT2D eigenvalue weighted by Crippen LogP contribution is 2.29. The molecule has 0 amide bonds. The van der Waals surface area contributed by atoms with E-state index in [9.17, 15) is 5.26 Å². The van der Waals surface area contributed by atoms with Crippen LogP contribution in [0.3, 0.4) is 0 Å². The van der Waals surface area contributed by atoms with E-state index < -0.39 is 0 Å². The van der Waals surface area contributed by atoms with Crippen LogP contribution in [0.15, 0.2) is 48.5 Å². The van der Waals surface area contributed by atoms with E-state index in [0.717, 1.165) is 16.7 Å². The van der Waals surface area contributed by atoms with Crippen LogP contribution in [-0.4, -0.2) is 19.2 Å². The lowest BCUT2D eigenvalue weighted by Gasteiger charge is -2.09. The number of hydrogen-bond acceptors (Lipinski definition) is 5. The molecule has 0 aliphatic rings. The molecule has 0 fully saturated rings. The molecule has 0 radical (unpaired) electrons. The van der Waals surface area contributed by atoms with Gasteiger partial charge in [-0.2, -0.15) is 5.26 Å². The van der Waals surface area contributed by atoms with Gasteiger partial charge in [-0.05, 0) is 48.5 Å². The van der Waals surface area contributed by atoms with Gasteiger partial charge in [-0.1, -0.05) is 0 Å². The summed E-state index contributed by atoms with van der Waals surface area (Å²) in [6, 6.07) is 16.4. The van der Waals surface area contributed by atoms with E-state index >= 15 is 0 Å². The topological polar surface area (TPSA) is 64.4 Å². The lowest BCUT2D eigenvalue weighted by Crippen LogP contribution is -1.94. The van der Waals surface area contributed by atoms with Crippen LogP contribution in [0, 0.1) is 11.3 Å². The number of rotatable bonds is 4. The van der Waals surface area contributed by atoms with E-state index in [1.807, 2.05) is 18.2 Å². The van der Waals surface area contributed by atoms with Gasteiger partial charge < -0.3 is 14.2 Å². The fourth-order valence-corrected chi connectivity index (χ4v) is 2.18. The molecule has 5 heteroatoms. The standard InChI is InChI=1S/C18H14N2O3/c1-21-14-3-5-15(6-4-14)23-18-13(11-19)9-12-10-16(22-2)7-8-17(12)20-18/h3-10H,1-2H3. The minimum absolute atomic E-state index is 0.273. The molecule has 0 aliphatic carbocycles. The van der Waals surface area contributed by atoms with Crippen LogP contribution >= 0.6 is 0 Å². The first-order valence-electron chi connectivity index (χ1n) is 6.94. The molecular weight excluding hydrogens is 292 g/mol. The molecule has 114 valence electrons. The summed E-state index contributed by atoms with van der Waals surface area (Å²) in [7, 11) is 3.20. The van der Waals surface area contributed by atoms with Crippen LogP contribution in [0.25, 0.3) is 10.9 Å². The van der Waals surface area contributed by atoms with Crippen molar-refractivity contribution in [3.05, 3.63) is 54.1 Å². The number of fused-ring (bicyclic) bond motifs is 1. The molecule has 1 heterocycles. The fourth-order valence-electron chi connectivity index (χ4n) is 2.18. The number of nitriles is 1. The first-order valence-corrected chi connectivity index (χ1v) is 6.94. The Bertz CT molecular complexity index is 883. The number of ether oxygens (including phenoxy) is 3. The minimum atomic E-state index is 0.273. The zero-order chi connectivity index (χ0) is 16.2. The lowest BCUT2D eigenvalue weighted by molar-refractivity contribution is 0.412. The van der Waals surface area contributed by atoms with E-state index in [1.54, 1.807) is 44.6 Å². The Hall–Kier alpha value is -3.26. The first kappa shape index (κ1) is 14.7. The highest BCUT2D eigenvalue weighted by molar-refractivity contribution is 5.82. The summed E-state index contributed by atoms with van der Waals surface area (Å²) < 4.78 is 16.0. The third kappa shape index (κ3) is 3.01. The summed E-state index contributed by atoms with van der Waals surface area (Å²) in [5, 5.41) is 10.2. The van der Waals surface area contributed by atoms with Crippen LogP contribution in [0.1, 0.15) is 5.56 Å². The summed E-state index contributed by atoms with van der Waals surface area (Å²) in [5.41, 5.74) is 1.09. The maximum atomic E-state index is 9.34. The van der Waals surface area contributed by atoms with Gasteiger partial charge in [0.05, 0.1) is 19.7 Å². The molecule has 3 aromatic rings. The van der Waals surface area contributed by atoms with Crippen LogP contribution in [0.2, 0.25) is 0 Å². The molecule has 5 nitrogen and oxygen atoms in total. The number of methoxy groups -OCH3 is 2. The van der Waals surface area contributed by atoms with Gasteiger partial charge >= 0.3 is 0 Å². The average molecular weight is 306 g/mol. The van der Waals surface area contributed by atoms with Crippen molar-refractivity contribution in [2.24, 2.45) is 0 Å². The third-order valence-corrected chi connectivity index (χ3v) is 3.38. The fraction of sp³-hybridized carbons (Fsp3) is 0.111. The Balaban J connectivity index is 2.00. The normalized spacial score (nSPS) is 10.1. The molecule has 0 N–H and O–H groups in total. The van der Waals surface area contributed by atoms with E-state index in [4.69, 9.17) is 14.2 Å². The summed E-state index contributed by atoms with van der Waals surface area (Å²) in [6.45, 7) is 0. The Morgan fingerprint density at radius 1 is 0.870 bits per heavy atom. The number of hydrogen-bond donors (Lipinski definition) is 0. The van der Waals surface area contributed by atoms with E-state index in [-0.39, 0.29) is 5.88 Å². The Labute approximate surface area is 133 Å². The molecule has 0 aliphatic heterocycles. The van der Waals surface area contributed by atoms with Gasteiger partial charge in [0.25, 0.3) is 0 Å². The second-order valence-corrected chi connectivity index (χ2v) is 4.79. The largest absolute Gasteiger partial charge is 0.497 e. The summed E-state index contributed by atoms with van der Waals surface area (Å²) >= 11 is 0. The van der Waals surface area contributed by atoms with Crippen LogP contribution < -0.4 is 14.2 Å². The number of aromatic nitrogens is 1. The van der Waals surface area contributed by atoms with Crippen LogP contribution in [0.5, 0.6) is 23.1 Å². The van der Waals surface area contributed by atoms with Crippen molar-refractivity contribution in [1.29, 1.82) is 5.26 Å². The third-order valence-electron chi connectivity index (χ3n) is 3.38. The zero-order valence-corrected chi connectivity index (χ0v) is 12.7. The second-order valence-electron chi connectivity index (χ2n) is 4.79. The first-order chi connectivity index (χ1) is 11.2.